The normalized spacial score (nSPS) is 29.8. The highest BCUT2D eigenvalue weighted by Gasteiger charge is 2.23. The fourth-order valence-corrected chi connectivity index (χ4v) is 3.45. The summed E-state index contributed by atoms with van der Waals surface area (Å²) in [6.07, 6.45) is 12.3. The van der Waals surface area contributed by atoms with E-state index in [1.807, 2.05) is 0 Å². The molecule has 1 heteroatoms. The van der Waals surface area contributed by atoms with Crippen LogP contribution >= 0.6 is 11.6 Å². The van der Waals surface area contributed by atoms with Gasteiger partial charge in [-0.15, -0.1) is 11.6 Å². The molecule has 1 rings (SSSR count). The molecule has 0 spiro atoms. The number of halogens is 1. The van der Waals surface area contributed by atoms with Gasteiger partial charge in [-0.1, -0.05) is 52.4 Å². The number of rotatable bonds is 5. The Bertz CT molecular complexity index is 155. The van der Waals surface area contributed by atoms with Crippen LogP contribution < -0.4 is 0 Å². The third-order valence-electron chi connectivity index (χ3n) is 3.91. The fraction of sp³-hybridized carbons (Fsp3) is 1.00. The minimum absolute atomic E-state index is 0.454. The van der Waals surface area contributed by atoms with Crippen LogP contribution in [0.2, 0.25) is 0 Å². The zero-order valence-electron chi connectivity index (χ0n) is 10.5. The van der Waals surface area contributed by atoms with Gasteiger partial charge in [-0.3, -0.25) is 0 Å². The van der Waals surface area contributed by atoms with Gasteiger partial charge in [0.25, 0.3) is 0 Å². The van der Waals surface area contributed by atoms with Crippen molar-refractivity contribution in [1.29, 1.82) is 0 Å². The molecule has 0 N–H and O–H groups in total. The Labute approximate surface area is 101 Å². The van der Waals surface area contributed by atoms with E-state index in [4.69, 9.17) is 11.6 Å². The van der Waals surface area contributed by atoms with Gasteiger partial charge in [-0.2, -0.15) is 0 Å². The lowest BCUT2D eigenvalue weighted by Crippen LogP contribution is -2.14. The second kappa shape index (κ2) is 7.54. The highest BCUT2D eigenvalue weighted by Crippen LogP contribution is 2.34. The van der Waals surface area contributed by atoms with E-state index >= 15 is 0 Å². The first-order chi connectivity index (χ1) is 7.27. The molecule has 90 valence electrons. The maximum atomic E-state index is 6.46. The van der Waals surface area contributed by atoms with Gasteiger partial charge in [0.2, 0.25) is 0 Å². The zero-order valence-corrected chi connectivity index (χ0v) is 11.2. The molecule has 0 nitrogen and oxygen atoms in total. The number of hydrogen-bond acceptors (Lipinski definition) is 0. The average molecular weight is 231 g/mol. The lowest BCUT2D eigenvalue weighted by Gasteiger charge is -2.20. The van der Waals surface area contributed by atoms with E-state index in [0.29, 0.717) is 5.38 Å². The Morgan fingerprint density at radius 1 is 1.07 bits per heavy atom. The molecule has 0 amide bonds. The van der Waals surface area contributed by atoms with E-state index in [1.165, 1.54) is 57.8 Å². The number of hydrogen-bond donors (Lipinski definition) is 0. The monoisotopic (exact) mass is 230 g/mol. The summed E-state index contributed by atoms with van der Waals surface area (Å²) in [7, 11) is 0. The van der Waals surface area contributed by atoms with Gasteiger partial charge in [0.1, 0.15) is 0 Å². The summed E-state index contributed by atoms with van der Waals surface area (Å²) in [6, 6.07) is 0. The van der Waals surface area contributed by atoms with Gasteiger partial charge in [0, 0.05) is 5.38 Å². The van der Waals surface area contributed by atoms with E-state index in [-0.39, 0.29) is 0 Å². The van der Waals surface area contributed by atoms with Crippen LogP contribution in [0.1, 0.15) is 71.6 Å². The third-order valence-corrected chi connectivity index (χ3v) is 4.48. The minimum atomic E-state index is 0.454. The molecule has 3 atom stereocenters. The van der Waals surface area contributed by atoms with Crippen molar-refractivity contribution < 1.29 is 0 Å². The van der Waals surface area contributed by atoms with Crippen LogP contribution in [0.4, 0.5) is 0 Å². The first kappa shape index (κ1) is 13.4. The van der Waals surface area contributed by atoms with Crippen LogP contribution in [-0.2, 0) is 0 Å². The van der Waals surface area contributed by atoms with Crippen molar-refractivity contribution in [2.45, 2.75) is 77.0 Å². The topological polar surface area (TPSA) is 0 Å². The predicted molar refractivity (Wildman–Crippen MR) is 69.5 cm³/mol. The molecule has 0 saturated heterocycles. The Hall–Kier alpha value is 0.290. The maximum Gasteiger partial charge on any atom is 0.0364 e. The molecule has 1 saturated carbocycles. The van der Waals surface area contributed by atoms with Crippen LogP contribution in [-0.4, -0.2) is 5.38 Å². The van der Waals surface area contributed by atoms with Gasteiger partial charge in [-0.05, 0) is 31.1 Å². The van der Waals surface area contributed by atoms with E-state index in [1.54, 1.807) is 0 Å². The largest absolute Gasteiger partial charge is 0.123 e. The zero-order chi connectivity index (χ0) is 11.1. The smallest absolute Gasteiger partial charge is 0.0364 e. The van der Waals surface area contributed by atoms with E-state index in [2.05, 4.69) is 13.8 Å². The van der Waals surface area contributed by atoms with Crippen molar-refractivity contribution in [3.8, 4) is 0 Å². The molecule has 0 aromatic heterocycles. The van der Waals surface area contributed by atoms with Gasteiger partial charge in [0.05, 0.1) is 0 Å². The van der Waals surface area contributed by atoms with Crippen molar-refractivity contribution in [1.82, 2.24) is 0 Å². The second-order valence-corrected chi connectivity index (χ2v) is 5.79. The van der Waals surface area contributed by atoms with Crippen LogP contribution in [0.3, 0.4) is 0 Å². The summed E-state index contributed by atoms with van der Waals surface area (Å²) in [4.78, 5) is 0. The van der Waals surface area contributed by atoms with Crippen LogP contribution in [0.5, 0.6) is 0 Å². The Kier molecular flexibility index (Phi) is 6.72. The quantitative estimate of drug-likeness (QED) is 0.439. The average Bonchev–Trinajstić information content (AvgIpc) is 2.44. The molecule has 1 aliphatic rings. The SMILES string of the molecule is CCCC1CCCC(C(Cl)CCC)CC1. The Balaban J connectivity index is 2.31. The molecule has 0 radical (unpaired) electrons. The molecule has 15 heavy (non-hydrogen) atoms. The van der Waals surface area contributed by atoms with Gasteiger partial charge in [-0.25, -0.2) is 0 Å². The summed E-state index contributed by atoms with van der Waals surface area (Å²) in [5, 5.41) is 0.454. The molecule has 0 aromatic carbocycles. The molecule has 0 bridgehead atoms. The highest BCUT2D eigenvalue weighted by molar-refractivity contribution is 6.20. The second-order valence-electron chi connectivity index (χ2n) is 5.23. The van der Waals surface area contributed by atoms with Crippen molar-refractivity contribution >= 4 is 11.6 Å². The van der Waals surface area contributed by atoms with Crippen LogP contribution in [0.25, 0.3) is 0 Å². The summed E-state index contributed by atoms with van der Waals surface area (Å²) in [5.41, 5.74) is 0. The summed E-state index contributed by atoms with van der Waals surface area (Å²) < 4.78 is 0. The predicted octanol–water partition coefficient (Wildman–Crippen LogP) is 5.39. The first-order valence-corrected chi connectivity index (χ1v) is 7.35. The molecule has 1 fully saturated rings. The van der Waals surface area contributed by atoms with E-state index < -0.39 is 0 Å². The number of alkyl halides is 1. The Morgan fingerprint density at radius 3 is 2.53 bits per heavy atom. The van der Waals surface area contributed by atoms with Crippen molar-refractivity contribution in [3.05, 3.63) is 0 Å². The molecule has 0 heterocycles. The maximum absolute atomic E-state index is 6.46. The lowest BCUT2D eigenvalue weighted by atomic mass is 9.92. The van der Waals surface area contributed by atoms with Crippen LogP contribution in [0, 0.1) is 11.8 Å². The minimum Gasteiger partial charge on any atom is -0.123 e. The molecule has 3 unspecified atom stereocenters. The lowest BCUT2D eigenvalue weighted by molar-refractivity contribution is 0.392. The fourth-order valence-electron chi connectivity index (χ4n) is 2.98. The molecular formula is C14H27Cl. The first-order valence-electron chi connectivity index (χ1n) is 6.92. The standard InChI is InChI=1S/C14H27Cl/c1-3-6-12-8-5-9-13(11-10-12)14(15)7-4-2/h12-14H,3-11H2,1-2H3. The Morgan fingerprint density at radius 2 is 1.87 bits per heavy atom. The van der Waals surface area contributed by atoms with Gasteiger partial charge >= 0.3 is 0 Å². The molecule has 0 aliphatic heterocycles. The third kappa shape index (κ3) is 4.76. The summed E-state index contributed by atoms with van der Waals surface area (Å²) >= 11 is 6.46. The van der Waals surface area contributed by atoms with Crippen molar-refractivity contribution in [3.63, 3.8) is 0 Å². The molecule has 0 aromatic rings. The van der Waals surface area contributed by atoms with Crippen molar-refractivity contribution in [2.24, 2.45) is 11.8 Å². The van der Waals surface area contributed by atoms with Crippen LogP contribution in [0.15, 0.2) is 0 Å². The summed E-state index contributed by atoms with van der Waals surface area (Å²) in [5.74, 6) is 1.82. The van der Waals surface area contributed by atoms with E-state index in [9.17, 15) is 0 Å². The van der Waals surface area contributed by atoms with E-state index in [0.717, 1.165) is 11.8 Å². The molecule has 1 aliphatic carbocycles. The summed E-state index contributed by atoms with van der Waals surface area (Å²) in [6.45, 7) is 4.55. The van der Waals surface area contributed by atoms with Gasteiger partial charge in [0.15, 0.2) is 0 Å². The highest BCUT2D eigenvalue weighted by atomic mass is 35.5. The molecular weight excluding hydrogens is 204 g/mol. The van der Waals surface area contributed by atoms with Gasteiger partial charge < -0.3 is 0 Å². The van der Waals surface area contributed by atoms with Crippen molar-refractivity contribution in [2.75, 3.05) is 0 Å².